The second-order valence-corrected chi connectivity index (χ2v) is 7.35. The van der Waals surface area contributed by atoms with Gasteiger partial charge in [-0.2, -0.15) is 0 Å². The molecule has 1 atom stereocenters. The first-order chi connectivity index (χ1) is 8.52. The Morgan fingerprint density at radius 3 is 2.50 bits per heavy atom. The molecule has 2 nitrogen and oxygen atoms in total. The van der Waals surface area contributed by atoms with Crippen LogP contribution < -0.4 is 4.74 Å². The van der Waals surface area contributed by atoms with Crippen molar-refractivity contribution in [2.24, 2.45) is 0 Å². The van der Waals surface area contributed by atoms with Gasteiger partial charge in [-0.15, -0.1) is 11.3 Å². The van der Waals surface area contributed by atoms with E-state index >= 15 is 0 Å². The number of rotatable bonds is 3. The molecule has 18 heavy (non-hydrogen) atoms. The minimum atomic E-state index is -0.616. The summed E-state index contributed by atoms with van der Waals surface area (Å²) in [5.74, 6) is 0.758. The summed E-state index contributed by atoms with van der Waals surface area (Å²) in [5, 5.41) is 10.4. The van der Waals surface area contributed by atoms with Crippen LogP contribution in [0, 0.1) is 6.92 Å². The summed E-state index contributed by atoms with van der Waals surface area (Å²) in [6.07, 6.45) is -0.616. The van der Waals surface area contributed by atoms with Crippen LogP contribution in [0.25, 0.3) is 0 Å². The SMILES string of the molecule is COc1ccc(C(O)c2cc(Br)sc2C)cc1Br. The average molecular weight is 392 g/mol. The zero-order valence-corrected chi connectivity index (χ0v) is 13.9. The number of hydrogen-bond acceptors (Lipinski definition) is 3. The van der Waals surface area contributed by atoms with E-state index in [0.717, 1.165) is 30.0 Å². The highest BCUT2D eigenvalue weighted by Crippen LogP contribution is 2.35. The van der Waals surface area contributed by atoms with Crippen molar-refractivity contribution in [3.8, 4) is 5.75 Å². The molecule has 0 aliphatic rings. The Morgan fingerprint density at radius 2 is 2.00 bits per heavy atom. The Bertz CT molecular complexity index is 566. The van der Waals surface area contributed by atoms with Crippen LogP contribution in [-0.4, -0.2) is 12.2 Å². The predicted molar refractivity (Wildman–Crippen MR) is 81.5 cm³/mol. The molecule has 0 aliphatic carbocycles. The molecule has 1 unspecified atom stereocenters. The summed E-state index contributed by atoms with van der Waals surface area (Å²) in [6, 6.07) is 7.57. The van der Waals surface area contributed by atoms with Crippen LogP contribution in [-0.2, 0) is 0 Å². The summed E-state index contributed by atoms with van der Waals surface area (Å²) >= 11 is 8.49. The van der Waals surface area contributed by atoms with E-state index in [1.165, 1.54) is 0 Å². The van der Waals surface area contributed by atoms with Gasteiger partial charge in [-0.3, -0.25) is 0 Å². The normalized spacial score (nSPS) is 12.5. The van der Waals surface area contributed by atoms with E-state index in [0.29, 0.717) is 0 Å². The van der Waals surface area contributed by atoms with Crippen molar-refractivity contribution in [2.45, 2.75) is 13.0 Å². The molecular weight excluding hydrogens is 380 g/mol. The number of aryl methyl sites for hydroxylation is 1. The van der Waals surface area contributed by atoms with Gasteiger partial charge in [0.2, 0.25) is 0 Å². The van der Waals surface area contributed by atoms with Crippen molar-refractivity contribution in [1.82, 2.24) is 0 Å². The van der Waals surface area contributed by atoms with Crippen LogP contribution in [0.4, 0.5) is 0 Å². The Kier molecular flexibility index (Phi) is 4.48. The highest BCUT2D eigenvalue weighted by Gasteiger charge is 2.16. The largest absolute Gasteiger partial charge is 0.496 e. The molecule has 1 N–H and O–H groups in total. The van der Waals surface area contributed by atoms with E-state index in [9.17, 15) is 5.11 Å². The van der Waals surface area contributed by atoms with E-state index in [1.807, 2.05) is 31.2 Å². The Balaban J connectivity index is 2.37. The molecule has 96 valence electrons. The molecule has 5 heteroatoms. The van der Waals surface area contributed by atoms with Gasteiger partial charge >= 0.3 is 0 Å². The van der Waals surface area contributed by atoms with Crippen LogP contribution in [0.2, 0.25) is 0 Å². The maximum Gasteiger partial charge on any atom is 0.133 e. The minimum Gasteiger partial charge on any atom is -0.496 e. The van der Waals surface area contributed by atoms with Crippen molar-refractivity contribution in [3.05, 3.63) is 48.5 Å². The van der Waals surface area contributed by atoms with E-state index in [2.05, 4.69) is 31.9 Å². The second kappa shape index (κ2) is 5.74. The van der Waals surface area contributed by atoms with Crippen LogP contribution in [0.3, 0.4) is 0 Å². The van der Waals surface area contributed by atoms with Crippen molar-refractivity contribution in [3.63, 3.8) is 0 Å². The van der Waals surface area contributed by atoms with Gasteiger partial charge in [0.05, 0.1) is 15.4 Å². The van der Waals surface area contributed by atoms with Gasteiger partial charge in [-0.25, -0.2) is 0 Å². The number of ether oxygens (including phenoxy) is 1. The van der Waals surface area contributed by atoms with Gasteiger partial charge in [-0.05, 0) is 68.1 Å². The van der Waals surface area contributed by atoms with E-state index in [4.69, 9.17) is 4.74 Å². The summed E-state index contributed by atoms with van der Waals surface area (Å²) < 4.78 is 7.05. The molecule has 0 radical (unpaired) electrons. The standard InChI is InChI=1S/C13H12Br2O2S/c1-7-9(6-12(15)18-7)13(16)8-3-4-11(17-2)10(14)5-8/h3-6,13,16H,1-2H3. The van der Waals surface area contributed by atoms with Crippen LogP contribution in [0.5, 0.6) is 5.75 Å². The lowest BCUT2D eigenvalue weighted by atomic mass is 10.0. The van der Waals surface area contributed by atoms with E-state index < -0.39 is 6.10 Å². The third-order valence-corrected chi connectivity index (χ3v) is 4.90. The van der Waals surface area contributed by atoms with Crippen molar-refractivity contribution < 1.29 is 9.84 Å². The molecule has 0 saturated carbocycles. The van der Waals surface area contributed by atoms with E-state index in [-0.39, 0.29) is 0 Å². The first-order valence-electron chi connectivity index (χ1n) is 5.30. The highest BCUT2D eigenvalue weighted by atomic mass is 79.9. The highest BCUT2D eigenvalue weighted by molar-refractivity contribution is 9.11. The third-order valence-electron chi connectivity index (χ3n) is 2.71. The lowest BCUT2D eigenvalue weighted by Gasteiger charge is -2.12. The van der Waals surface area contributed by atoms with Gasteiger partial charge in [0.15, 0.2) is 0 Å². The molecule has 1 aromatic heterocycles. The molecule has 1 heterocycles. The Hall–Kier alpha value is -0.360. The molecular formula is C13H12Br2O2S. The second-order valence-electron chi connectivity index (χ2n) is 3.86. The zero-order valence-electron chi connectivity index (χ0n) is 9.91. The average Bonchev–Trinajstić information content (AvgIpc) is 2.67. The van der Waals surface area contributed by atoms with Gasteiger partial charge in [-0.1, -0.05) is 6.07 Å². The molecule has 0 spiro atoms. The molecule has 0 saturated heterocycles. The number of benzene rings is 1. The number of thiophene rings is 1. The number of aliphatic hydroxyl groups excluding tert-OH is 1. The quantitative estimate of drug-likeness (QED) is 0.823. The lowest BCUT2D eigenvalue weighted by Crippen LogP contribution is -2.00. The first kappa shape index (κ1) is 14.1. The molecule has 0 fully saturated rings. The van der Waals surface area contributed by atoms with Gasteiger partial charge in [0.1, 0.15) is 11.9 Å². The molecule has 0 aliphatic heterocycles. The molecule has 2 aromatic rings. The Morgan fingerprint density at radius 1 is 1.28 bits per heavy atom. The zero-order chi connectivity index (χ0) is 13.3. The smallest absolute Gasteiger partial charge is 0.133 e. The number of aliphatic hydroxyl groups is 1. The maximum atomic E-state index is 10.4. The Labute approximate surface area is 127 Å². The van der Waals surface area contributed by atoms with Crippen molar-refractivity contribution >= 4 is 43.2 Å². The maximum absolute atomic E-state index is 10.4. The summed E-state index contributed by atoms with van der Waals surface area (Å²) in [7, 11) is 1.62. The minimum absolute atomic E-state index is 0.616. The molecule has 0 amide bonds. The summed E-state index contributed by atoms with van der Waals surface area (Å²) in [5.41, 5.74) is 1.78. The van der Waals surface area contributed by atoms with Crippen LogP contribution in [0.15, 0.2) is 32.5 Å². The summed E-state index contributed by atoms with van der Waals surface area (Å²) in [4.78, 5) is 1.11. The number of hydrogen-bond donors (Lipinski definition) is 1. The first-order valence-corrected chi connectivity index (χ1v) is 7.70. The predicted octanol–water partition coefficient (Wildman–Crippen LogP) is 4.67. The molecule has 1 aromatic carbocycles. The van der Waals surface area contributed by atoms with Crippen LogP contribution in [0.1, 0.15) is 22.1 Å². The fraction of sp³-hybridized carbons (Fsp3) is 0.231. The molecule has 0 bridgehead atoms. The lowest BCUT2D eigenvalue weighted by molar-refractivity contribution is 0.220. The fourth-order valence-electron chi connectivity index (χ4n) is 1.76. The number of halogens is 2. The molecule has 2 rings (SSSR count). The van der Waals surface area contributed by atoms with Crippen molar-refractivity contribution in [2.75, 3.05) is 7.11 Å². The van der Waals surface area contributed by atoms with Crippen molar-refractivity contribution in [1.29, 1.82) is 0 Å². The third kappa shape index (κ3) is 2.79. The fourth-order valence-corrected chi connectivity index (χ4v) is 4.06. The van der Waals surface area contributed by atoms with Gasteiger partial charge in [0, 0.05) is 4.88 Å². The van der Waals surface area contributed by atoms with Gasteiger partial charge < -0.3 is 9.84 Å². The monoisotopic (exact) mass is 390 g/mol. The van der Waals surface area contributed by atoms with E-state index in [1.54, 1.807) is 18.4 Å². The topological polar surface area (TPSA) is 29.5 Å². The van der Waals surface area contributed by atoms with Gasteiger partial charge in [0.25, 0.3) is 0 Å². The summed E-state index contributed by atoms with van der Waals surface area (Å²) in [6.45, 7) is 2.01. The van der Waals surface area contributed by atoms with Crippen LogP contribution >= 0.6 is 43.2 Å². The number of methoxy groups -OCH3 is 1.